The number of hydrogen-bond donors (Lipinski definition) is 2. The van der Waals surface area contributed by atoms with E-state index in [2.05, 4.69) is 10.0 Å². The number of benzene rings is 3. The molecule has 31 heavy (non-hydrogen) atoms. The number of amides is 1. The molecule has 2 N–H and O–H groups in total. The highest BCUT2D eigenvalue weighted by molar-refractivity contribution is 7.92. The summed E-state index contributed by atoms with van der Waals surface area (Å²) in [5, 5.41) is 3.14. The topological polar surface area (TPSA) is 84.5 Å². The van der Waals surface area contributed by atoms with Crippen LogP contribution < -0.4 is 14.8 Å². The standard InChI is InChI=1S/C23H23ClN2O4S/c1-16-5-3-8-21(13-16)30-12-11-23(27)25-19-10-9-17(2)22(15-19)31(28,29)26-20-7-4-6-18(24)14-20/h3-10,13-15,26H,11-12H2,1-2H3,(H,25,27). The quantitative estimate of drug-likeness (QED) is 0.488. The molecule has 0 saturated heterocycles. The van der Waals surface area contributed by atoms with Gasteiger partial charge in [0.25, 0.3) is 10.0 Å². The summed E-state index contributed by atoms with van der Waals surface area (Å²) >= 11 is 5.93. The molecular weight excluding hydrogens is 436 g/mol. The molecule has 3 aromatic rings. The van der Waals surface area contributed by atoms with E-state index in [1.165, 1.54) is 12.1 Å². The third kappa shape index (κ3) is 6.47. The molecule has 162 valence electrons. The van der Waals surface area contributed by atoms with Crippen LogP contribution in [0.1, 0.15) is 17.5 Å². The van der Waals surface area contributed by atoms with Gasteiger partial charge in [0.15, 0.2) is 0 Å². The lowest BCUT2D eigenvalue weighted by Crippen LogP contribution is -2.17. The van der Waals surface area contributed by atoms with E-state index in [-0.39, 0.29) is 23.8 Å². The Balaban J connectivity index is 1.65. The third-order valence-electron chi connectivity index (χ3n) is 4.43. The van der Waals surface area contributed by atoms with Gasteiger partial charge in [-0.2, -0.15) is 0 Å². The second-order valence-corrected chi connectivity index (χ2v) is 9.15. The van der Waals surface area contributed by atoms with Crippen LogP contribution in [0.2, 0.25) is 5.02 Å². The number of halogens is 1. The van der Waals surface area contributed by atoms with Gasteiger partial charge in [-0.1, -0.05) is 35.9 Å². The summed E-state index contributed by atoms with van der Waals surface area (Å²) in [5.74, 6) is 0.422. The first-order valence-electron chi connectivity index (χ1n) is 9.61. The number of nitrogens with one attached hydrogen (secondary N) is 2. The van der Waals surface area contributed by atoms with E-state index in [1.807, 2.05) is 31.2 Å². The SMILES string of the molecule is Cc1cccc(OCCC(=O)Nc2ccc(C)c(S(=O)(=O)Nc3cccc(Cl)c3)c2)c1. The van der Waals surface area contributed by atoms with Gasteiger partial charge in [-0.25, -0.2) is 8.42 Å². The van der Waals surface area contributed by atoms with Crippen molar-refractivity contribution >= 4 is 38.9 Å². The Hall–Kier alpha value is -3.03. The van der Waals surface area contributed by atoms with Crippen LogP contribution in [-0.2, 0) is 14.8 Å². The number of anilines is 2. The molecule has 3 rings (SSSR count). The summed E-state index contributed by atoms with van der Waals surface area (Å²) in [6, 6.07) is 18.7. The first-order valence-corrected chi connectivity index (χ1v) is 11.5. The van der Waals surface area contributed by atoms with Crippen molar-refractivity contribution in [1.29, 1.82) is 0 Å². The Morgan fingerprint density at radius 1 is 0.968 bits per heavy atom. The van der Waals surface area contributed by atoms with Gasteiger partial charge in [-0.15, -0.1) is 0 Å². The second-order valence-electron chi connectivity index (χ2n) is 7.06. The minimum absolute atomic E-state index is 0.0706. The van der Waals surface area contributed by atoms with E-state index in [1.54, 1.807) is 37.3 Å². The minimum atomic E-state index is -3.86. The Bertz CT molecular complexity index is 1200. The summed E-state index contributed by atoms with van der Waals surface area (Å²) in [6.45, 7) is 3.86. The fourth-order valence-corrected chi connectivity index (χ4v) is 4.43. The molecule has 0 aromatic heterocycles. The van der Waals surface area contributed by atoms with E-state index < -0.39 is 10.0 Å². The van der Waals surface area contributed by atoms with Gasteiger partial charge in [0.05, 0.1) is 23.6 Å². The number of ether oxygens (including phenoxy) is 1. The monoisotopic (exact) mass is 458 g/mol. The highest BCUT2D eigenvalue weighted by atomic mass is 35.5. The normalized spacial score (nSPS) is 11.1. The van der Waals surface area contributed by atoms with Crippen molar-refractivity contribution in [2.75, 3.05) is 16.6 Å². The molecular formula is C23H23ClN2O4S. The summed E-state index contributed by atoms with van der Waals surface area (Å²) in [4.78, 5) is 12.3. The largest absolute Gasteiger partial charge is 0.493 e. The molecule has 1 amide bonds. The maximum Gasteiger partial charge on any atom is 0.262 e. The molecule has 0 bridgehead atoms. The van der Waals surface area contributed by atoms with Crippen molar-refractivity contribution in [1.82, 2.24) is 0 Å². The van der Waals surface area contributed by atoms with E-state index in [0.717, 1.165) is 5.56 Å². The van der Waals surface area contributed by atoms with Crippen LogP contribution in [0.5, 0.6) is 5.75 Å². The van der Waals surface area contributed by atoms with Gasteiger partial charge in [0.1, 0.15) is 5.75 Å². The molecule has 0 fully saturated rings. The minimum Gasteiger partial charge on any atom is -0.493 e. The molecule has 0 aliphatic rings. The third-order valence-corrected chi connectivity index (χ3v) is 6.18. The molecule has 3 aromatic carbocycles. The van der Waals surface area contributed by atoms with Crippen molar-refractivity contribution in [3.05, 3.63) is 82.9 Å². The summed E-state index contributed by atoms with van der Waals surface area (Å²) < 4.78 is 33.8. The van der Waals surface area contributed by atoms with Crippen LogP contribution in [0, 0.1) is 13.8 Å². The highest BCUT2D eigenvalue weighted by Gasteiger charge is 2.18. The van der Waals surface area contributed by atoms with Crippen LogP contribution in [-0.4, -0.2) is 20.9 Å². The smallest absolute Gasteiger partial charge is 0.262 e. The molecule has 0 atom stereocenters. The van der Waals surface area contributed by atoms with E-state index in [4.69, 9.17) is 16.3 Å². The first-order chi connectivity index (χ1) is 14.7. The second kappa shape index (κ2) is 9.85. The number of sulfonamides is 1. The number of aryl methyl sites for hydroxylation is 2. The maximum atomic E-state index is 12.8. The number of rotatable bonds is 8. The fourth-order valence-electron chi connectivity index (χ4n) is 2.92. The zero-order chi connectivity index (χ0) is 22.4. The van der Waals surface area contributed by atoms with Crippen LogP contribution in [0.25, 0.3) is 0 Å². The van der Waals surface area contributed by atoms with Gasteiger partial charge in [0.2, 0.25) is 5.91 Å². The van der Waals surface area contributed by atoms with Gasteiger partial charge >= 0.3 is 0 Å². The van der Waals surface area contributed by atoms with Crippen molar-refractivity contribution in [3.8, 4) is 5.75 Å². The van der Waals surface area contributed by atoms with Crippen LogP contribution in [0.4, 0.5) is 11.4 Å². The molecule has 8 heteroatoms. The molecule has 6 nitrogen and oxygen atoms in total. The average Bonchev–Trinajstić information content (AvgIpc) is 2.69. The van der Waals surface area contributed by atoms with Crippen molar-refractivity contribution in [2.45, 2.75) is 25.2 Å². The summed E-state index contributed by atoms with van der Waals surface area (Å²) in [5.41, 5.74) is 2.37. The lowest BCUT2D eigenvalue weighted by Gasteiger charge is -2.13. The molecule has 0 saturated carbocycles. The zero-order valence-electron chi connectivity index (χ0n) is 17.2. The predicted octanol–water partition coefficient (Wildman–Crippen LogP) is 5.17. The predicted molar refractivity (Wildman–Crippen MR) is 123 cm³/mol. The number of carbonyl (C=O) groups is 1. The Kier molecular flexibility index (Phi) is 7.20. The summed E-state index contributed by atoms with van der Waals surface area (Å²) in [7, 11) is -3.86. The molecule has 0 aliphatic heterocycles. The Morgan fingerprint density at radius 2 is 1.74 bits per heavy atom. The zero-order valence-corrected chi connectivity index (χ0v) is 18.8. The van der Waals surface area contributed by atoms with Gasteiger partial charge in [-0.3, -0.25) is 9.52 Å². The number of hydrogen-bond acceptors (Lipinski definition) is 4. The van der Waals surface area contributed by atoms with Crippen LogP contribution in [0.3, 0.4) is 0 Å². The van der Waals surface area contributed by atoms with E-state index in [0.29, 0.717) is 27.7 Å². The number of carbonyl (C=O) groups excluding carboxylic acids is 1. The van der Waals surface area contributed by atoms with E-state index >= 15 is 0 Å². The fraction of sp³-hybridized carbons (Fsp3) is 0.174. The Labute approximate surface area is 187 Å². The van der Waals surface area contributed by atoms with Crippen LogP contribution >= 0.6 is 11.6 Å². The van der Waals surface area contributed by atoms with Gasteiger partial charge in [0, 0.05) is 10.7 Å². The summed E-state index contributed by atoms with van der Waals surface area (Å²) in [6.07, 6.45) is 0.130. The van der Waals surface area contributed by atoms with Crippen molar-refractivity contribution < 1.29 is 17.9 Å². The first kappa shape index (κ1) is 22.7. The molecule has 0 radical (unpaired) electrons. The lowest BCUT2D eigenvalue weighted by atomic mass is 10.2. The average molecular weight is 459 g/mol. The maximum absolute atomic E-state index is 12.8. The van der Waals surface area contributed by atoms with Crippen LogP contribution in [0.15, 0.2) is 71.6 Å². The highest BCUT2D eigenvalue weighted by Crippen LogP contribution is 2.24. The van der Waals surface area contributed by atoms with Gasteiger partial charge < -0.3 is 10.1 Å². The molecule has 0 heterocycles. The van der Waals surface area contributed by atoms with Crippen molar-refractivity contribution in [3.63, 3.8) is 0 Å². The van der Waals surface area contributed by atoms with Gasteiger partial charge in [-0.05, 0) is 67.4 Å². The lowest BCUT2D eigenvalue weighted by molar-refractivity contribution is -0.116. The molecule has 0 aliphatic carbocycles. The Morgan fingerprint density at radius 3 is 2.48 bits per heavy atom. The molecule has 0 spiro atoms. The van der Waals surface area contributed by atoms with Crippen molar-refractivity contribution in [2.24, 2.45) is 0 Å². The molecule has 0 unspecified atom stereocenters. The van der Waals surface area contributed by atoms with E-state index in [9.17, 15) is 13.2 Å².